The molecule has 0 rings (SSSR count). The van der Waals surface area contributed by atoms with Crippen LogP contribution in [0.15, 0.2) is 0 Å². The molecule has 0 fully saturated rings. The fourth-order valence-corrected chi connectivity index (χ4v) is 1.43. The van der Waals surface area contributed by atoms with Crippen LogP contribution in [0.4, 0.5) is 0 Å². The largest absolute Gasteiger partial charge is 0.465 e. The van der Waals surface area contributed by atoms with E-state index in [-0.39, 0.29) is 5.97 Å². The van der Waals surface area contributed by atoms with Crippen molar-refractivity contribution in [3.63, 3.8) is 0 Å². The van der Waals surface area contributed by atoms with Crippen LogP contribution in [0.2, 0.25) is 0 Å². The summed E-state index contributed by atoms with van der Waals surface area (Å²) in [6.07, 6.45) is 0. The smallest absolute Gasteiger partial charge is 0.315 e. The average Bonchev–Trinajstić information content (AvgIpc) is 2.03. The Hall–Kier alpha value is -0.220. The number of hydrogen-bond acceptors (Lipinski definition) is 4. The summed E-state index contributed by atoms with van der Waals surface area (Å²) in [5, 5.41) is 3.28. The zero-order valence-electron chi connectivity index (χ0n) is 8.63. The van der Waals surface area contributed by atoms with E-state index >= 15 is 0 Å². The van der Waals surface area contributed by atoms with Gasteiger partial charge in [-0.05, 0) is 6.92 Å². The molecule has 0 aromatic rings. The number of esters is 1. The molecule has 3 nitrogen and oxygen atoms in total. The van der Waals surface area contributed by atoms with Gasteiger partial charge in [0.25, 0.3) is 0 Å². The van der Waals surface area contributed by atoms with Gasteiger partial charge in [0.2, 0.25) is 0 Å². The molecule has 0 radical (unpaired) electrons. The maximum absolute atomic E-state index is 10.9. The molecule has 0 aromatic heterocycles. The monoisotopic (exact) mass is 205 g/mol. The second kappa shape index (κ2) is 8.38. The van der Waals surface area contributed by atoms with E-state index < -0.39 is 0 Å². The maximum atomic E-state index is 10.9. The van der Waals surface area contributed by atoms with E-state index in [1.165, 1.54) is 0 Å². The number of carbonyl (C=O) groups excluding carboxylic acids is 1. The van der Waals surface area contributed by atoms with Crippen molar-refractivity contribution < 1.29 is 9.53 Å². The van der Waals surface area contributed by atoms with Gasteiger partial charge in [-0.15, -0.1) is 11.8 Å². The number of rotatable bonds is 7. The molecular formula is C9H19NO2S. The van der Waals surface area contributed by atoms with E-state index in [1.54, 1.807) is 11.8 Å². The predicted molar refractivity (Wildman–Crippen MR) is 57.1 cm³/mol. The van der Waals surface area contributed by atoms with Crippen LogP contribution < -0.4 is 5.32 Å². The van der Waals surface area contributed by atoms with Gasteiger partial charge in [-0.3, -0.25) is 4.79 Å². The molecule has 0 aromatic carbocycles. The Morgan fingerprint density at radius 1 is 1.54 bits per heavy atom. The highest BCUT2D eigenvalue weighted by Crippen LogP contribution is 1.99. The zero-order valence-corrected chi connectivity index (χ0v) is 9.45. The van der Waals surface area contributed by atoms with Gasteiger partial charge < -0.3 is 10.1 Å². The molecule has 0 saturated carbocycles. The molecule has 0 heterocycles. The fourth-order valence-electron chi connectivity index (χ4n) is 0.778. The first-order chi connectivity index (χ1) is 6.16. The molecule has 1 N–H and O–H groups in total. The Balaban J connectivity index is 3.11. The highest BCUT2D eigenvalue weighted by Gasteiger charge is 2.00. The first kappa shape index (κ1) is 12.8. The van der Waals surface area contributed by atoms with Crippen molar-refractivity contribution in [3.05, 3.63) is 0 Å². The Morgan fingerprint density at radius 3 is 2.77 bits per heavy atom. The summed E-state index contributed by atoms with van der Waals surface area (Å²) in [6, 6.07) is 0.517. The van der Waals surface area contributed by atoms with Crippen molar-refractivity contribution in [2.24, 2.45) is 0 Å². The molecule has 0 bridgehead atoms. The lowest BCUT2D eigenvalue weighted by Gasteiger charge is -2.06. The normalized spacial score (nSPS) is 10.5. The third kappa shape index (κ3) is 9.70. The Kier molecular flexibility index (Phi) is 8.24. The average molecular weight is 205 g/mol. The Bertz CT molecular complexity index is 140. The minimum Gasteiger partial charge on any atom is -0.465 e. The van der Waals surface area contributed by atoms with Crippen molar-refractivity contribution in [2.75, 3.05) is 24.7 Å². The van der Waals surface area contributed by atoms with E-state index in [9.17, 15) is 4.79 Å². The molecule has 13 heavy (non-hydrogen) atoms. The number of thioether (sulfide) groups is 1. The summed E-state index contributed by atoms with van der Waals surface area (Å²) < 4.78 is 4.79. The van der Waals surface area contributed by atoms with Crippen LogP contribution in [0.1, 0.15) is 20.8 Å². The van der Waals surface area contributed by atoms with E-state index in [4.69, 9.17) is 4.74 Å². The quantitative estimate of drug-likeness (QED) is 0.502. The molecular weight excluding hydrogens is 186 g/mol. The number of nitrogens with one attached hydrogen (secondary N) is 1. The lowest BCUT2D eigenvalue weighted by Crippen LogP contribution is -2.25. The minimum atomic E-state index is -0.114. The van der Waals surface area contributed by atoms with Crippen molar-refractivity contribution in [1.82, 2.24) is 5.32 Å². The maximum Gasteiger partial charge on any atom is 0.315 e. The van der Waals surface area contributed by atoms with Gasteiger partial charge in [-0.1, -0.05) is 13.8 Å². The standard InChI is InChI=1S/C9H19NO2S/c1-4-12-9(11)7-13-6-5-10-8(2)3/h8,10H,4-7H2,1-3H3. The van der Waals surface area contributed by atoms with Crippen molar-refractivity contribution in [2.45, 2.75) is 26.8 Å². The van der Waals surface area contributed by atoms with Crippen LogP contribution in [0.5, 0.6) is 0 Å². The Morgan fingerprint density at radius 2 is 2.23 bits per heavy atom. The molecule has 4 heteroatoms. The second-order valence-electron chi connectivity index (χ2n) is 2.97. The second-order valence-corrected chi connectivity index (χ2v) is 4.07. The fraction of sp³-hybridized carbons (Fsp3) is 0.889. The highest BCUT2D eigenvalue weighted by atomic mass is 32.2. The van der Waals surface area contributed by atoms with Gasteiger partial charge >= 0.3 is 5.97 Å². The highest BCUT2D eigenvalue weighted by molar-refractivity contribution is 7.99. The van der Waals surface area contributed by atoms with Gasteiger partial charge in [0, 0.05) is 18.3 Å². The summed E-state index contributed by atoms with van der Waals surface area (Å²) in [4.78, 5) is 10.9. The molecule has 0 aliphatic heterocycles. The molecule has 0 aliphatic carbocycles. The van der Waals surface area contributed by atoms with Crippen LogP contribution in [0.3, 0.4) is 0 Å². The number of carbonyl (C=O) groups is 1. The SMILES string of the molecule is CCOC(=O)CSCCNC(C)C. The van der Waals surface area contributed by atoms with E-state index in [0.29, 0.717) is 18.4 Å². The van der Waals surface area contributed by atoms with Crippen molar-refractivity contribution in [1.29, 1.82) is 0 Å². The molecule has 78 valence electrons. The first-order valence-corrected chi connectivity index (χ1v) is 5.79. The summed E-state index contributed by atoms with van der Waals surface area (Å²) in [6.45, 7) is 7.46. The van der Waals surface area contributed by atoms with E-state index in [0.717, 1.165) is 12.3 Å². The number of ether oxygens (including phenoxy) is 1. The van der Waals surface area contributed by atoms with Crippen molar-refractivity contribution in [3.8, 4) is 0 Å². The lowest BCUT2D eigenvalue weighted by atomic mass is 10.4. The van der Waals surface area contributed by atoms with E-state index in [2.05, 4.69) is 19.2 Å². The minimum absolute atomic E-state index is 0.114. The lowest BCUT2D eigenvalue weighted by molar-refractivity contribution is -0.139. The molecule has 0 amide bonds. The molecule has 0 spiro atoms. The third-order valence-electron chi connectivity index (χ3n) is 1.32. The van der Waals surface area contributed by atoms with Crippen LogP contribution in [-0.2, 0) is 9.53 Å². The van der Waals surface area contributed by atoms with Crippen LogP contribution in [-0.4, -0.2) is 36.7 Å². The van der Waals surface area contributed by atoms with Gasteiger partial charge in [0.15, 0.2) is 0 Å². The van der Waals surface area contributed by atoms with Crippen molar-refractivity contribution >= 4 is 17.7 Å². The first-order valence-electron chi connectivity index (χ1n) is 4.63. The van der Waals surface area contributed by atoms with E-state index in [1.807, 2.05) is 6.92 Å². The summed E-state index contributed by atoms with van der Waals surface area (Å²) in [7, 11) is 0. The van der Waals surface area contributed by atoms with Gasteiger partial charge in [-0.2, -0.15) is 0 Å². The van der Waals surface area contributed by atoms with Gasteiger partial charge in [0.1, 0.15) is 0 Å². The Labute approximate surface area is 84.6 Å². The summed E-state index contributed by atoms with van der Waals surface area (Å²) >= 11 is 1.61. The van der Waals surface area contributed by atoms with Crippen LogP contribution >= 0.6 is 11.8 Å². The zero-order chi connectivity index (χ0) is 10.1. The van der Waals surface area contributed by atoms with Gasteiger partial charge in [0.05, 0.1) is 12.4 Å². The third-order valence-corrected chi connectivity index (χ3v) is 2.26. The molecule has 0 aliphatic rings. The summed E-state index contributed by atoms with van der Waals surface area (Å²) in [5.41, 5.74) is 0. The summed E-state index contributed by atoms with van der Waals surface area (Å²) in [5.74, 6) is 1.31. The topological polar surface area (TPSA) is 38.3 Å². The number of hydrogen-bond donors (Lipinski definition) is 1. The predicted octanol–water partition coefficient (Wildman–Crippen LogP) is 1.28. The van der Waals surface area contributed by atoms with Crippen LogP contribution in [0.25, 0.3) is 0 Å². The molecule has 0 unspecified atom stereocenters. The molecule has 0 saturated heterocycles. The molecule has 0 atom stereocenters. The van der Waals surface area contributed by atoms with Gasteiger partial charge in [-0.25, -0.2) is 0 Å². The van der Waals surface area contributed by atoms with Crippen LogP contribution in [0, 0.1) is 0 Å².